The number of unbranched alkanes of at least 4 members (excludes halogenated alkanes) is 2. The first-order valence-electron chi connectivity index (χ1n) is 8.86. The Morgan fingerprint density at radius 3 is 1.35 bits per heavy atom. The number of aldehydes is 1. The van der Waals surface area contributed by atoms with Gasteiger partial charge in [0.2, 0.25) is 0 Å². The number of benzene rings is 3. The third-order valence-electron chi connectivity index (χ3n) is 4.66. The Morgan fingerprint density at radius 1 is 0.615 bits per heavy atom. The molecule has 3 aromatic carbocycles. The van der Waals surface area contributed by atoms with E-state index in [0.717, 1.165) is 25.3 Å². The maximum atomic E-state index is 10.7. The predicted octanol–water partition coefficient (Wildman–Crippen LogP) is 1.35. The zero-order valence-electron chi connectivity index (χ0n) is 14.8. The standard InChI is InChI=1S/C23H24OP.BrH/c24-19-11-4-12-20-25(21-13-5-1-6-14-21,22-15-7-2-8-16-22)23-17-9-3-10-18-23;/h1-3,5-10,13-19H,4,11-12,20H2;1H/q+1;/p-1. The first-order valence-corrected chi connectivity index (χ1v) is 10.8. The minimum absolute atomic E-state index is 0. The van der Waals surface area contributed by atoms with Crippen molar-refractivity contribution in [3.05, 3.63) is 91.0 Å². The fourth-order valence-corrected chi connectivity index (χ4v) is 7.87. The number of halogens is 1. The van der Waals surface area contributed by atoms with Crippen molar-refractivity contribution < 1.29 is 21.8 Å². The van der Waals surface area contributed by atoms with Crippen molar-refractivity contribution in [2.24, 2.45) is 0 Å². The highest BCUT2D eigenvalue weighted by atomic mass is 79.9. The largest absolute Gasteiger partial charge is 1.00 e. The summed E-state index contributed by atoms with van der Waals surface area (Å²) >= 11 is 0. The van der Waals surface area contributed by atoms with E-state index in [0.29, 0.717) is 6.42 Å². The second kappa shape index (κ2) is 10.4. The molecule has 3 rings (SSSR count). The zero-order valence-corrected chi connectivity index (χ0v) is 17.3. The Bertz CT molecular complexity index is 678. The summed E-state index contributed by atoms with van der Waals surface area (Å²) in [5.74, 6) is 0. The zero-order chi connectivity index (χ0) is 17.4. The maximum absolute atomic E-state index is 10.7. The Kier molecular flexibility index (Phi) is 8.22. The van der Waals surface area contributed by atoms with Crippen LogP contribution in [0.3, 0.4) is 0 Å². The summed E-state index contributed by atoms with van der Waals surface area (Å²) in [6.45, 7) is 0. The summed E-state index contributed by atoms with van der Waals surface area (Å²) in [6.07, 6.45) is 4.80. The molecule has 0 saturated carbocycles. The van der Waals surface area contributed by atoms with Crippen LogP contribution < -0.4 is 32.9 Å². The Labute approximate surface area is 167 Å². The SMILES string of the molecule is O=CCCCC[P+](c1ccccc1)(c1ccccc1)c1ccccc1.[Br-]. The molecule has 0 spiro atoms. The number of hydrogen-bond acceptors (Lipinski definition) is 1. The summed E-state index contributed by atoms with van der Waals surface area (Å²) in [6, 6.07) is 32.7. The highest BCUT2D eigenvalue weighted by Crippen LogP contribution is 2.55. The van der Waals surface area contributed by atoms with Crippen molar-refractivity contribution in [1.29, 1.82) is 0 Å². The average Bonchev–Trinajstić information content (AvgIpc) is 2.70. The van der Waals surface area contributed by atoms with Gasteiger partial charge in [0.1, 0.15) is 29.5 Å². The van der Waals surface area contributed by atoms with Gasteiger partial charge < -0.3 is 21.8 Å². The molecule has 0 aromatic heterocycles. The van der Waals surface area contributed by atoms with Crippen molar-refractivity contribution in [2.75, 3.05) is 6.16 Å². The van der Waals surface area contributed by atoms with Crippen LogP contribution in [0.1, 0.15) is 19.3 Å². The predicted molar refractivity (Wildman–Crippen MR) is 110 cm³/mol. The molecule has 0 atom stereocenters. The average molecular weight is 427 g/mol. The topological polar surface area (TPSA) is 17.1 Å². The van der Waals surface area contributed by atoms with Gasteiger partial charge in [-0.2, -0.15) is 0 Å². The second-order valence-corrected chi connectivity index (χ2v) is 9.82. The number of carbonyl (C=O) groups excluding carboxylic acids is 1. The van der Waals surface area contributed by atoms with Crippen molar-refractivity contribution in [3.8, 4) is 0 Å². The fraction of sp³-hybridized carbons (Fsp3) is 0.174. The molecule has 0 heterocycles. The fourth-order valence-electron chi connectivity index (χ4n) is 3.46. The van der Waals surface area contributed by atoms with Crippen LogP contribution in [0.25, 0.3) is 0 Å². The van der Waals surface area contributed by atoms with Crippen LogP contribution in [0.2, 0.25) is 0 Å². The van der Waals surface area contributed by atoms with Crippen LogP contribution in [0, 0.1) is 0 Å². The molecule has 0 aliphatic carbocycles. The van der Waals surface area contributed by atoms with E-state index < -0.39 is 7.26 Å². The van der Waals surface area contributed by atoms with Crippen LogP contribution in [0.5, 0.6) is 0 Å². The third-order valence-corrected chi connectivity index (χ3v) is 9.18. The third kappa shape index (κ3) is 4.50. The summed E-state index contributed by atoms with van der Waals surface area (Å²) < 4.78 is 0. The number of rotatable bonds is 8. The molecule has 0 aliphatic heterocycles. The summed E-state index contributed by atoms with van der Waals surface area (Å²) in [4.78, 5) is 10.7. The van der Waals surface area contributed by atoms with Crippen LogP contribution in [-0.2, 0) is 4.79 Å². The lowest BCUT2D eigenvalue weighted by Crippen LogP contribution is -3.00. The van der Waals surface area contributed by atoms with Gasteiger partial charge in [0.25, 0.3) is 0 Å². The quantitative estimate of drug-likeness (QED) is 0.302. The van der Waals surface area contributed by atoms with Crippen LogP contribution in [0.15, 0.2) is 91.0 Å². The summed E-state index contributed by atoms with van der Waals surface area (Å²) in [5.41, 5.74) is 0. The van der Waals surface area contributed by atoms with Crippen molar-refractivity contribution >= 4 is 29.5 Å². The Hall–Kier alpha value is -1.76. The van der Waals surface area contributed by atoms with Gasteiger partial charge in [-0.25, -0.2) is 0 Å². The van der Waals surface area contributed by atoms with Gasteiger partial charge in [-0.15, -0.1) is 0 Å². The molecule has 0 unspecified atom stereocenters. The lowest BCUT2D eigenvalue weighted by Gasteiger charge is -2.27. The van der Waals surface area contributed by atoms with Crippen molar-refractivity contribution in [3.63, 3.8) is 0 Å². The van der Waals surface area contributed by atoms with E-state index in [2.05, 4.69) is 91.0 Å². The lowest BCUT2D eigenvalue weighted by atomic mass is 10.3. The lowest BCUT2D eigenvalue weighted by molar-refractivity contribution is -0.107. The Morgan fingerprint density at radius 2 is 1.00 bits per heavy atom. The molecule has 0 fully saturated rings. The van der Waals surface area contributed by atoms with Gasteiger partial charge in [0.15, 0.2) is 0 Å². The molecular weight excluding hydrogens is 403 g/mol. The summed E-state index contributed by atoms with van der Waals surface area (Å²) in [7, 11) is -1.71. The van der Waals surface area contributed by atoms with Crippen molar-refractivity contribution in [1.82, 2.24) is 0 Å². The molecule has 0 aliphatic rings. The van der Waals surface area contributed by atoms with Crippen LogP contribution >= 0.6 is 7.26 Å². The molecule has 3 aromatic rings. The van der Waals surface area contributed by atoms with Gasteiger partial charge in [0.05, 0.1) is 6.16 Å². The molecule has 26 heavy (non-hydrogen) atoms. The molecule has 0 amide bonds. The van der Waals surface area contributed by atoms with Gasteiger partial charge >= 0.3 is 0 Å². The normalized spacial score (nSPS) is 10.8. The first kappa shape index (κ1) is 20.6. The highest BCUT2D eigenvalue weighted by Gasteiger charge is 2.44. The first-order chi connectivity index (χ1) is 12.4. The van der Waals surface area contributed by atoms with E-state index in [1.165, 1.54) is 15.9 Å². The highest BCUT2D eigenvalue weighted by molar-refractivity contribution is 7.95. The van der Waals surface area contributed by atoms with E-state index in [4.69, 9.17) is 0 Å². The molecule has 3 heteroatoms. The van der Waals surface area contributed by atoms with Gasteiger partial charge in [0, 0.05) is 6.42 Å². The molecule has 0 saturated heterocycles. The van der Waals surface area contributed by atoms with Crippen LogP contribution in [-0.4, -0.2) is 12.4 Å². The van der Waals surface area contributed by atoms with E-state index in [-0.39, 0.29) is 17.0 Å². The maximum Gasteiger partial charge on any atom is 0.119 e. The molecule has 1 nitrogen and oxygen atoms in total. The van der Waals surface area contributed by atoms with Crippen LogP contribution in [0.4, 0.5) is 0 Å². The smallest absolute Gasteiger partial charge is 0.119 e. The van der Waals surface area contributed by atoms with E-state index in [1.807, 2.05) is 0 Å². The van der Waals surface area contributed by atoms with E-state index >= 15 is 0 Å². The molecule has 134 valence electrons. The monoisotopic (exact) mass is 426 g/mol. The Balaban J connectivity index is 0.00000243. The van der Waals surface area contributed by atoms with E-state index in [9.17, 15) is 4.79 Å². The summed E-state index contributed by atoms with van der Waals surface area (Å²) in [5, 5.41) is 4.25. The van der Waals surface area contributed by atoms with Gasteiger partial charge in [-0.1, -0.05) is 54.6 Å². The van der Waals surface area contributed by atoms with E-state index in [1.54, 1.807) is 0 Å². The van der Waals surface area contributed by atoms with Crippen molar-refractivity contribution in [2.45, 2.75) is 19.3 Å². The van der Waals surface area contributed by atoms with Gasteiger partial charge in [-0.05, 0) is 49.2 Å². The number of hydrogen-bond donors (Lipinski definition) is 0. The number of carbonyl (C=O) groups is 1. The second-order valence-electron chi connectivity index (χ2n) is 6.20. The molecule has 0 N–H and O–H groups in total. The minimum Gasteiger partial charge on any atom is -1.00 e. The molecular formula is C23H24BrOP. The molecule has 0 bridgehead atoms. The molecule has 0 radical (unpaired) electrons. The van der Waals surface area contributed by atoms with Gasteiger partial charge in [-0.3, -0.25) is 0 Å². The minimum atomic E-state index is -1.71.